The van der Waals surface area contributed by atoms with Crippen LogP contribution < -0.4 is 4.74 Å². The lowest BCUT2D eigenvalue weighted by atomic mass is 9.78. The van der Waals surface area contributed by atoms with Crippen molar-refractivity contribution >= 4 is 5.91 Å². The molecular weight excluding hydrogens is 312 g/mol. The van der Waals surface area contributed by atoms with E-state index in [4.69, 9.17) is 4.74 Å². The number of methoxy groups -OCH3 is 1. The van der Waals surface area contributed by atoms with E-state index in [1.54, 1.807) is 7.11 Å². The molecule has 1 spiro atoms. The number of benzene rings is 1. The maximum atomic E-state index is 13.3. The first kappa shape index (κ1) is 18.2. The number of piperidine rings is 1. The molecule has 1 unspecified atom stereocenters. The Morgan fingerprint density at radius 3 is 2.72 bits per heavy atom. The number of carbonyl (C=O) groups is 1. The lowest BCUT2D eigenvalue weighted by Crippen LogP contribution is -2.50. The molecule has 4 nitrogen and oxygen atoms in total. The molecule has 0 saturated carbocycles. The van der Waals surface area contributed by atoms with Gasteiger partial charge in [-0.15, -0.1) is 0 Å². The molecule has 2 fully saturated rings. The number of nitrogens with zero attached hydrogens (tertiary/aromatic N) is 2. The summed E-state index contributed by atoms with van der Waals surface area (Å²) in [5.74, 6) is 1.23. The van der Waals surface area contributed by atoms with E-state index in [0.29, 0.717) is 18.5 Å². The van der Waals surface area contributed by atoms with Crippen LogP contribution in [0.2, 0.25) is 0 Å². The molecule has 2 saturated heterocycles. The quantitative estimate of drug-likeness (QED) is 0.789. The molecule has 1 atom stereocenters. The summed E-state index contributed by atoms with van der Waals surface area (Å²) in [6.07, 6.45) is 5.54. The van der Waals surface area contributed by atoms with Crippen LogP contribution in [-0.4, -0.2) is 48.5 Å². The molecule has 1 aromatic carbocycles. The highest BCUT2D eigenvalue weighted by atomic mass is 16.5. The minimum Gasteiger partial charge on any atom is -0.497 e. The third kappa shape index (κ3) is 3.69. The molecule has 0 radical (unpaired) electrons. The zero-order valence-corrected chi connectivity index (χ0v) is 16.0. The minimum atomic E-state index is -0.139. The third-order valence-electron chi connectivity index (χ3n) is 6.17. The fourth-order valence-electron chi connectivity index (χ4n) is 4.69. The van der Waals surface area contributed by atoms with E-state index >= 15 is 0 Å². The highest BCUT2D eigenvalue weighted by Gasteiger charge is 2.48. The number of likely N-dealkylation sites (tertiary alicyclic amines) is 2. The number of amides is 1. The molecule has 0 aromatic heterocycles. The van der Waals surface area contributed by atoms with Crippen LogP contribution in [0.15, 0.2) is 24.3 Å². The normalized spacial score (nSPS) is 24.5. The molecule has 1 aromatic rings. The number of hydrogen-bond donors (Lipinski definition) is 0. The maximum absolute atomic E-state index is 13.3. The largest absolute Gasteiger partial charge is 0.497 e. The molecule has 25 heavy (non-hydrogen) atoms. The van der Waals surface area contributed by atoms with Gasteiger partial charge in [0.1, 0.15) is 5.75 Å². The van der Waals surface area contributed by atoms with Gasteiger partial charge in [0.05, 0.1) is 12.5 Å². The molecule has 0 bridgehead atoms. The average Bonchev–Trinajstić information content (AvgIpc) is 3.05. The number of rotatable bonds is 6. The van der Waals surface area contributed by atoms with Crippen molar-refractivity contribution in [1.29, 1.82) is 0 Å². The Bertz CT molecular complexity index is 599. The van der Waals surface area contributed by atoms with Crippen LogP contribution in [0.5, 0.6) is 5.75 Å². The van der Waals surface area contributed by atoms with E-state index in [0.717, 1.165) is 50.2 Å². The fraction of sp³-hybridized carbons (Fsp3) is 0.667. The van der Waals surface area contributed by atoms with Crippen LogP contribution in [0, 0.1) is 5.41 Å². The van der Waals surface area contributed by atoms with Crippen LogP contribution in [0.25, 0.3) is 0 Å². The molecule has 2 aliphatic heterocycles. The lowest BCUT2D eigenvalue weighted by Gasteiger charge is -2.40. The molecule has 0 aliphatic carbocycles. The van der Waals surface area contributed by atoms with Gasteiger partial charge in [-0.3, -0.25) is 9.69 Å². The summed E-state index contributed by atoms with van der Waals surface area (Å²) in [6, 6.07) is 8.71. The lowest BCUT2D eigenvalue weighted by molar-refractivity contribution is -0.146. The van der Waals surface area contributed by atoms with Crippen LogP contribution in [0.4, 0.5) is 0 Å². The van der Waals surface area contributed by atoms with Gasteiger partial charge in [0, 0.05) is 25.7 Å². The van der Waals surface area contributed by atoms with Crippen LogP contribution >= 0.6 is 0 Å². The van der Waals surface area contributed by atoms with E-state index in [-0.39, 0.29) is 5.41 Å². The van der Waals surface area contributed by atoms with Crippen molar-refractivity contribution in [2.24, 2.45) is 5.41 Å². The summed E-state index contributed by atoms with van der Waals surface area (Å²) >= 11 is 0. The fourth-order valence-corrected chi connectivity index (χ4v) is 4.69. The Morgan fingerprint density at radius 2 is 2.00 bits per heavy atom. The SMILES string of the molecule is CCC(CC)N1CCC2(CCCN(Cc3cccc(OC)c3)C2=O)C1. The van der Waals surface area contributed by atoms with Gasteiger partial charge in [0.15, 0.2) is 0 Å². The van der Waals surface area contributed by atoms with Gasteiger partial charge < -0.3 is 9.64 Å². The van der Waals surface area contributed by atoms with Gasteiger partial charge in [-0.25, -0.2) is 0 Å². The predicted octanol–water partition coefficient (Wildman–Crippen LogP) is 3.70. The number of carbonyl (C=O) groups excluding carboxylic acids is 1. The van der Waals surface area contributed by atoms with E-state index in [9.17, 15) is 4.79 Å². The first-order chi connectivity index (χ1) is 12.1. The topological polar surface area (TPSA) is 32.8 Å². The van der Waals surface area contributed by atoms with Crippen molar-refractivity contribution < 1.29 is 9.53 Å². The molecule has 1 amide bonds. The summed E-state index contributed by atoms with van der Waals surface area (Å²) < 4.78 is 5.32. The maximum Gasteiger partial charge on any atom is 0.230 e. The molecule has 2 aliphatic rings. The standard InChI is InChI=1S/C21H32N2O2/c1-4-18(5-2)23-13-11-21(16-23)10-7-12-22(20(21)24)15-17-8-6-9-19(14-17)25-3/h6,8-9,14,18H,4-5,7,10-13,15-16H2,1-3H3. The summed E-state index contributed by atoms with van der Waals surface area (Å²) in [5.41, 5.74) is 1.01. The Hall–Kier alpha value is -1.55. The highest BCUT2D eigenvalue weighted by molar-refractivity contribution is 5.84. The van der Waals surface area contributed by atoms with E-state index in [1.165, 1.54) is 12.8 Å². The first-order valence-electron chi connectivity index (χ1n) is 9.78. The number of ether oxygens (including phenoxy) is 1. The van der Waals surface area contributed by atoms with E-state index < -0.39 is 0 Å². The summed E-state index contributed by atoms with van der Waals surface area (Å²) in [4.78, 5) is 18.0. The zero-order chi connectivity index (χ0) is 17.9. The van der Waals surface area contributed by atoms with Gasteiger partial charge in [-0.05, 0) is 56.3 Å². The molecule has 4 heteroatoms. The third-order valence-corrected chi connectivity index (χ3v) is 6.17. The van der Waals surface area contributed by atoms with Gasteiger partial charge in [-0.2, -0.15) is 0 Å². The highest BCUT2D eigenvalue weighted by Crippen LogP contribution is 2.41. The summed E-state index contributed by atoms with van der Waals surface area (Å²) in [5, 5.41) is 0. The molecular formula is C21H32N2O2. The van der Waals surface area contributed by atoms with Gasteiger partial charge in [-0.1, -0.05) is 26.0 Å². The molecule has 3 rings (SSSR count). The predicted molar refractivity (Wildman–Crippen MR) is 101 cm³/mol. The van der Waals surface area contributed by atoms with Gasteiger partial charge >= 0.3 is 0 Å². The molecule has 138 valence electrons. The second-order valence-electron chi connectivity index (χ2n) is 7.65. The van der Waals surface area contributed by atoms with Crippen molar-refractivity contribution in [2.75, 3.05) is 26.7 Å². The summed E-state index contributed by atoms with van der Waals surface area (Å²) in [7, 11) is 1.69. The smallest absolute Gasteiger partial charge is 0.230 e. The number of hydrogen-bond acceptors (Lipinski definition) is 3. The Balaban J connectivity index is 1.71. The van der Waals surface area contributed by atoms with Crippen molar-refractivity contribution in [1.82, 2.24) is 9.80 Å². The monoisotopic (exact) mass is 344 g/mol. The van der Waals surface area contributed by atoms with Gasteiger partial charge in [0.2, 0.25) is 5.91 Å². The average molecular weight is 344 g/mol. The van der Waals surface area contributed by atoms with Crippen molar-refractivity contribution in [3.05, 3.63) is 29.8 Å². The van der Waals surface area contributed by atoms with Gasteiger partial charge in [0.25, 0.3) is 0 Å². The second-order valence-corrected chi connectivity index (χ2v) is 7.65. The molecule has 2 heterocycles. The Labute approximate surface area is 152 Å². The van der Waals surface area contributed by atoms with Crippen molar-refractivity contribution in [2.45, 2.75) is 58.5 Å². The van der Waals surface area contributed by atoms with Crippen molar-refractivity contribution in [3.63, 3.8) is 0 Å². The van der Waals surface area contributed by atoms with E-state index in [1.807, 2.05) is 18.2 Å². The Kier molecular flexibility index (Phi) is 5.67. The van der Waals surface area contributed by atoms with Crippen LogP contribution in [-0.2, 0) is 11.3 Å². The minimum absolute atomic E-state index is 0.139. The van der Waals surface area contributed by atoms with Crippen LogP contribution in [0.1, 0.15) is 51.5 Å². The first-order valence-corrected chi connectivity index (χ1v) is 9.78. The zero-order valence-electron chi connectivity index (χ0n) is 16.0. The van der Waals surface area contributed by atoms with Crippen LogP contribution in [0.3, 0.4) is 0 Å². The summed E-state index contributed by atoms with van der Waals surface area (Å²) in [6.45, 7) is 8.12. The Morgan fingerprint density at radius 1 is 1.20 bits per heavy atom. The van der Waals surface area contributed by atoms with E-state index in [2.05, 4.69) is 29.7 Å². The molecule has 0 N–H and O–H groups in total. The second kappa shape index (κ2) is 7.77. The van der Waals surface area contributed by atoms with Crippen molar-refractivity contribution in [3.8, 4) is 5.75 Å².